The van der Waals surface area contributed by atoms with Crippen LogP contribution >= 0.6 is 23.7 Å². The van der Waals surface area contributed by atoms with Crippen LogP contribution < -0.4 is 9.64 Å². The minimum absolute atomic E-state index is 0. The van der Waals surface area contributed by atoms with E-state index < -0.39 is 0 Å². The van der Waals surface area contributed by atoms with Gasteiger partial charge in [-0.25, -0.2) is 4.98 Å². The second-order valence-corrected chi connectivity index (χ2v) is 8.42. The standard InChI is InChI=1S/C24H31N3O2S.ClH/c1-5-26(6-2)13-14-27(22(28)12-15-29-20-10-8-7-9-11-20)24-25-23-19(4)16-18(3)17-21(23)30-24;/h7-11,16-17H,5-6,12-15H2,1-4H3;1H. The summed E-state index contributed by atoms with van der Waals surface area (Å²) in [6, 6.07) is 13.9. The number of aryl methyl sites for hydroxylation is 2. The van der Waals surface area contributed by atoms with Crippen molar-refractivity contribution in [1.29, 1.82) is 0 Å². The van der Waals surface area contributed by atoms with Crippen molar-refractivity contribution in [2.45, 2.75) is 34.1 Å². The number of ether oxygens (including phenoxy) is 1. The number of carbonyl (C=O) groups is 1. The molecule has 0 atom stereocenters. The maximum atomic E-state index is 13.1. The van der Waals surface area contributed by atoms with Gasteiger partial charge in [-0.1, -0.05) is 49.4 Å². The van der Waals surface area contributed by atoms with E-state index in [1.165, 1.54) is 5.56 Å². The molecule has 0 radical (unpaired) electrons. The lowest BCUT2D eigenvalue weighted by Gasteiger charge is -2.24. The first-order valence-electron chi connectivity index (χ1n) is 10.6. The van der Waals surface area contributed by atoms with Crippen LogP contribution in [0, 0.1) is 13.8 Å². The Bertz CT molecular complexity index is 974. The van der Waals surface area contributed by atoms with E-state index in [9.17, 15) is 4.79 Å². The first-order chi connectivity index (χ1) is 14.5. The lowest BCUT2D eigenvalue weighted by atomic mass is 10.1. The van der Waals surface area contributed by atoms with Gasteiger partial charge < -0.3 is 9.64 Å². The number of anilines is 1. The number of amides is 1. The van der Waals surface area contributed by atoms with Gasteiger partial charge in [0.05, 0.1) is 23.2 Å². The molecule has 3 rings (SSSR count). The molecule has 168 valence electrons. The molecule has 0 spiro atoms. The second-order valence-electron chi connectivity index (χ2n) is 7.41. The average molecular weight is 462 g/mol. The van der Waals surface area contributed by atoms with Crippen LogP contribution in [0.15, 0.2) is 42.5 Å². The van der Waals surface area contributed by atoms with Gasteiger partial charge in [0.2, 0.25) is 5.91 Å². The summed E-state index contributed by atoms with van der Waals surface area (Å²) < 4.78 is 6.88. The van der Waals surface area contributed by atoms with E-state index in [0.717, 1.165) is 46.3 Å². The van der Waals surface area contributed by atoms with E-state index in [-0.39, 0.29) is 18.3 Å². The number of benzene rings is 2. The van der Waals surface area contributed by atoms with Crippen molar-refractivity contribution in [2.75, 3.05) is 37.7 Å². The largest absolute Gasteiger partial charge is 0.493 e. The Labute approximate surface area is 195 Å². The molecule has 0 aliphatic heterocycles. The van der Waals surface area contributed by atoms with E-state index in [2.05, 4.69) is 44.7 Å². The molecule has 1 aromatic heterocycles. The Kier molecular flexibility index (Phi) is 9.75. The van der Waals surface area contributed by atoms with Gasteiger partial charge in [-0.15, -0.1) is 12.4 Å². The van der Waals surface area contributed by atoms with E-state index >= 15 is 0 Å². The molecule has 1 amide bonds. The molecule has 2 aromatic carbocycles. The average Bonchev–Trinajstić information content (AvgIpc) is 3.16. The van der Waals surface area contributed by atoms with Crippen LogP contribution in [0.3, 0.4) is 0 Å². The number of aromatic nitrogens is 1. The van der Waals surface area contributed by atoms with Crippen LogP contribution in [-0.4, -0.2) is 48.6 Å². The smallest absolute Gasteiger partial charge is 0.232 e. The third kappa shape index (κ3) is 6.66. The number of hydrogen-bond acceptors (Lipinski definition) is 5. The molecule has 1 heterocycles. The summed E-state index contributed by atoms with van der Waals surface area (Å²) >= 11 is 1.59. The van der Waals surface area contributed by atoms with Crippen LogP contribution in [0.4, 0.5) is 5.13 Å². The van der Waals surface area contributed by atoms with Crippen LogP contribution in [0.25, 0.3) is 10.2 Å². The summed E-state index contributed by atoms with van der Waals surface area (Å²) in [4.78, 5) is 22.1. The minimum atomic E-state index is 0. The lowest BCUT2D eigenvalue weighted by molar-refractivity contribution is -0.119. The number of halogens is 1. The minimum Gasteiger partial charge on any atom is -0.493 e. The van der Waals surface area contributed by atoms with Crippen LogP contribution in [-0.2, 0) is 4.79 Å². The molecule has 0 saturated carbocycles. The van der Waals surface area contributed by atoms with Gasteiger partial charge in [-0.05, 0) is 56.3 Å². The zero-order valence-electron chi connectivity index (χ0n) is 18.8. The van der Waals surface area contributed by atoms with Crippen molar-refractivity contribution in [3.63, 3.8) is 0 Å². The fourth-order valence-corrected chi connectivity index (χ4v) is 4.68. The summed E-state index contributed by atoms with van der Waals surface area (Å²) in [5.74, 6) is 0.831. The topological polar surface area (TPSA) is 45.7 Å². The molecular weight excluding hydrogens is 430 g/mol. The van der Waals surface area contributed by atoms with Gasteiger partial charge in [0.15, 0.2) is 5.13 Å². The highest BCUT2D eigenvalue weighted by Crippen LogP contribution is 2.32. The molecule has 0 unspecified atom stereocenters. The van der Waals surface area contributed by atoms with Gasteiger partial charge >= 0.3 is 0 Å². The number of nitrogens with zero attached hydrogens (tertiary/aromatic N) is 3. The van der Waals surface area contributed by atoms with E-state index in [4.69, 9.17) is 9.72 Å². The number of carbonyl (C=O) groups excluding carboxylic acids is 1. The van der Waals surface area contributed by atoms with E-state index in [1.54, 1.807) is 11.3 Å². The highest BCUT2D eigenvalue weighted by atomic mass is 35.5. The van der Waals surface area contributed by atoms with Gasteiger partial charge in [-0.3, -0.25) is 9.69 Å². The van der Waals surface area contributed by atoms with Crippen LogP contribution in [0.5, 0.6) is 5.75 Å². The molecule has 0 N–H and O–H groups in total. The summed E-state index contributed by atoms with van der Waals surface area (Å²) in [7, 11) is 0. The third-order valence-electron chi connectivity index (χ3n) is 5.21. The van der Waals surface area contributed by atoms with Crippen LogP contribution in [0.2, 0.25) is 0 Å². The Morgan fingerprint density at radius 1 is 1.06 bits per heavy atom. The molecule has 0 bridgehead atoms. The summed E-state index contributed by atoms with van der Waals surface area (Å²) in [6.45, 7) is 12.2. The molecule has 0 fully saturated rings. The fourth-order valence-electron chi connectivity index (χ4n) is 3.49. The molecule has 3 aromatic rings. The maximum Gasteiger partial charge on any atom is 0.232 e. The van der Waals surface area contributed by atoms with Crippen LogP contribution in [0.1, 0.15) is 31.4 Å². The fraction of sp³-hybridized carbons (Fsp3) is 0.417. The van der Waals surface area contributed by atoms with Gasteiger partial charge in [-0.2, -0.15) is 0 Å². The predicted octanol–water partition coefficient (Wildman–Crippen LogP) is 5.48. The normalized spacial score (nSPS) is 10.9. The number of fused-ring (bicyclic) bond motifs is 1. The number of rotatable bonds is 10. The molecule has 7 heteroatoms. The number of hydrogen-bond donors (Lipinski definition) is 0. The number of para-hydroxylation sites is 1. The maximum absolute atomic E-state index is 13.1. The van der Waals surface area contributed by atoms with Crippen molar-refractivity contribution in [2.24, 2.45) is 0 Å². The molecular formula is C24H32ClN3O2S. The number of thiazole rings is 1. The molecule has 0 aliphatic rings. The predicted molar refractivity (Wildman–Crippen MR) is 133 cm³/mol. The summed E-state index contributed by atoms with van der Waals surface area (Å²) in [6.07, 6.45) is 0.321. The highest BCUT2D eigenvalue weighted by Gasteiger charge is 2.21. The van der Waals surface area contributed by atoms with Gasteiger partial charge in [0, 0.05) is 13.1 Å². The quantitative estimate of drug-likeness (QED) is 0.401. The van der Waals surface area contributed by atoms with Gasteiger partial charge in [0.1, 0.15) is 5.75 Å². The first-order valence-corrected chi connectivity index (χ1v) is 11.4. The molecule has 0 saturated heterocycles. The summed E-state index contributed by atoms with van der Waals surface area (Å²) in [5, 5.41) is 0.774. The van der Waals surface area contributed by atoms with Crippen molar-refractivity contribution >= 4 is 45.0 Å². The molecule has 0 aliphatic carbocycles. The number of likely N-dealkylation sites (N-methyl/N-ethyl adjacent to an activating group) is 1. The third-order valence-corrected chi connectivity index (χ3v) is 6.24. The molecule has 31 heavy (non-hydrogen) atoms. The monoisotopic (exact) mass is 461 g/mol. The zero-order valence-corrected chi connectivity index (χ0v) is 20.4. The van der Waals surface area contributed by atoms with Crippen molar-refractivity contribution < 1.29 is 9.53 Å². The van der Waals surface area contributed by atoms with Crippen molar-refractivity contribution in [3.8, 4) is 5.75 Å². The van der Waals surface area contributed by atoms with Crippen molar-refractivity contribution in [1.82, 2.24) is 9.88 Å². The second kappa shape index (κ2) is 12.0. The Morgan fingerprint density at radius 3 is 2.45 bits per heavy atom. The van der Waals surface area contributed by atoms with E-state index in [1.807, 2.05) is 35.2 Å². The molecule has 5 nitrogen and oxygen atoms in total. The Hall–Kier alpha value is -2.15. The summed E-state index contributed by atoms with van der Waals surface area (Å²) in [5.41, 5.74) is 3.35. The highest BCUT2D eigenvalue weighted by molar-refractivity contribution is 7.22. The van der Waals surface area contributed by atoms with E-state index in [0.29, 0.717) is 19.6 Å². The van der Waals surface area contributed by atoms with Gasteiger partial charge in [0.25, 0.3) is 0 Å². The first kappa shape index (κ1) is 25.1. The Balaban J connectivity index is 0.00000341. The zero-order chi connectivity index (χ0) is 21.5. The SMILES string of the molecule is CCN(CC)CCN(C(=O)CCOc1ccccc1)c1nc2c(C)cc(C)cc2s1.Cl. The lowest BCUT2D eigenvalue weighted by Crippen LogP contribution is -2.39. The Morgan fingerprint density at radius 2 is 1.77 bits per heavy atom. The van der Waals surface area contributed by atoms with Crippen molar-refractivity contribution in [3.05, 3.63) is 53.6 Å².